The van der Waals surface area contributed by atoms with Gasteiger partial charge in [0.25, 0.3) is 11.6 Å². The molecule has 0 spiro atoms. The van der Waals surface area contributed by atoms with Gasteiger partial charge >= 0.3 is 5.97 Å². The molecule has 1 fully saturated rings. The van der Waals surface area contributed by atoms with Crippen molar-refractivity contribution in [1.82, 2.24) is 4.90 Å². The second kappa shape index (κ2) is 9.85. The molecule has 0 atom stereocenters. The Labute approximate surface area is 203 Å². The number of likely N-dealkylation sites (N-methyl/N-ethyl adjacent to an activating group) is 1. The maximum Gasteiger partial charge on any atom is 0.335 e. The third-order valence-corrected chi connectivity index (χ3v) is 6.12. The van der Waals surface area contributed by atoms with Crippen molar-refractivity contribution in [1.29, 1.82) is 0 Å². The summed E-state index contributed by atoms with van der Waals surface area (Å²) in [5.74, 6) is -0.309. The van der Waals surface area contributed by atoms with Gasteiger partial charge in [0, 0.05) is 12.6 Å². The first-order valence-electron chi connectivity index (χ1n) is 10.4. The van der Waals surface area contributed by atoms with Crippen LogP contribution in [0.5, 0.6) is 5.75 Å². The van der Waals surface area contributed by atoms with Crippen LogP contribution in [-0.2, 0) is 4.79 Å². The van der Waals surface area contributed by atoms with E-state index < -0.39 is 10.9 Å². The highest BCUT2D eigenvalue weighted by Crippen LogP contribution is 2.37. The number of nitrogens with zero attached hydrogens (tertiary/aromatic N) is 3. The number of hydrogen-bond acceptors (Lipinski definition) is 8. The minimum Gasteiger partial charge on any atom is -0.497 e. The van der Waals surface area contributed by atoms with Crippen LogP contribution in [0.4, 0.5) is 11.4 Å². The molecule has 1 aliphatic rings. The van der Waals surface area contributed by atoms with Gasteiger partial charge in [0.1, 0.15) is 17.3 Å². The number of carboxylic acid groups (broad SMARTS) is 1. The summed E-state index contributed by atoms with van der Waals surface area (Å²) in [5, 5.41) is 21.0. The standard InChI is InChI=1S/C24H19N3O7S/c1-3-26-22(28)21(35-24(26)25-15-6-4-14(5-7-15)23(29)30)13-17-9-11-20(34-17)18-10-8-16(33-2)12-19(18)27(31)32/h4-13H,3H2,1-2H3,(H,29,30)/b21-13-,25-24?. The van der Waals surface area contributed by atoms with Gasteiger partial charge in [-0.15, -0.1) is 0 Å². The number of amides is 1. The Morgan fingerprint density at radius 3 is 2.60 bits per heavy atom. The number of rotatable bonds is 7. The van der Waals surface area contributed by atoms with Gasteiger partial charge in [0.2, 0.25) is 0 Å². The summed E-state index contributed by atoms with van der Waals surface area (Å²) < 4.78 is 10.9. The highest BCUT2D eigenvalue weighted by Gasteiger charge is 2.32. The van der Waals surface area contributed by atoms with E-state index in [-0.39, 0.29) is 28.5 Å². The van der Waals surface area contributed by atoms with Crippen molar-refractivity contribution in [3.05, 3.63) is 80.9 Å². The molecule has 1 aromatic heterocycles. The van der Waals surface area contributed by atoms with Crippen LogP contribution in [0.15, 0.2) is 68.9 Å². The third-order valence-electron chi connectivity index (χ3n) is 5.11. The van der Waals surface area contributed by atoms with E-state index in [4.69, 9.17) is 14.3 Å². The third kappa shape index (κ3) is 4.94. The summed E-state index contributed by atoms with van der Waals surface area (Å²) in [5.41, 5.74) is 0.776. The lowest BCUT2D eigenvalue weighted by atomic mass is 10.1. The van der Waals surface area contributed by atoms with E-state index in [1.54, 1.807) is 42.5 Å². The van der Waals surface area contributed by atoms with Gasteiger partial charge < -0.3 is 14.3 Å². The SMILES string of the molecule is CCN1C(=O)/C(=C/c2ccc(-c3ccc(OC)cc3[N+](=O)[O-])o2)SC1=Nc1ccc(C(=O)O)cc1. The molecule has 1 amide bonds. The number of furan rings is 1. The first kappa shape index (κ1) is 23.8. The molecule has 178 valence electrons. The van der Waals surface area contributed by atoms with Gasteiger partial charge in [-0.3, -0.25) is 19.8 Å². The van der Waals surface area contributed by atoms with Gasteiger partial charge in [-0.25, -0.2) is 9.79 Å². The monoisotopic (exact) mass is 493 g/mol. The number of methoxy groups -OCH3 is 1. The summed E-state index contributed by atoms with van der Waals surface area (Å²) >= 11 is 1.16. The number of aromatic carboxylic acids is 1. The Morgan fingerprint density at radius 1 is 1.23 bits per heavy atom. The van der Waals surface area contributed by atoms with Crippen molar-refractivity contribution in [3.63, 3.8) is 0 Å². The topological polar surface area (TPSA) is 135 Å². The number of carbonyl (C=O) groups excluding carboxylic acids is 1. The molecule has 0 bridgehead atoms. The molecule has 2 aromatic carbocycles. The molecule has 1 N–H and O–H groups in total. The van der Waals surface area contributed by atoms with E-state index in [2.05, 4.69) is 4.99 Å². The molecule has 1 saturated heterocycles. The number of ether oxygens (including phenoxy) is 1. The van der Waals surface area contributed by atoms with Crippen LogP contribution in [-0.4, -0.2) is 45.6 Å². The molecule has 0 radical (unpaired) electrons. The first-order chi connectivity index (χ1) is 16.8. The summed E-state index contributed by atoms with van der Waals surface area (Å²) in [6.45, 7) is 2.20. The average Bonchev–Trinajstić information content (AvgIpc) is 3.43. The van der Waals surface area contributed by atoms with E-state index in [0.717, 1.165) is 11.8 Å². The molecule has 35 heavy (non-hydrogen) atoms. The molecule has 1 aliphatic heterocycles. The normalized spacial score (nSPS) is 15.7. The van der Waals surface area contributed by atoms with E-state index >= 15 is 0 Å². The number of carboxylic acids is 1. The van der Waals surface area contributed by atoms with Crippen LogP contribution in [0, 0.1) is 10.1 Å². The van der Waals surface area contributed by atoms with Gasteiger partial charge in [0.15, 0.2) is 5.17 Å². The Balaban J connectivity index is 1.62. The quantitative estimate of drug-likeness (QED) is 0.270. The number of aliphatic imine (C=N–C) groups is 1. The lowest BCUT2D eigenvalue weighted by Crippen LogP contribution is -2.28. The first-order valence-corrected chi connectivity index (χ1v) is 11.2. The lowest BCUT2D eigenvalue weighted by molar-refractivity contribution is -0.384. The van der Waals surface area contributed by atoms with Crippen LogP contribution in [0.2, 0.25) is 0 Å². The van der Waals surface area contributed by atoms with Crippen LogP contribution in [0.1, 0.15) is 23.0 Å². The maximum absolute atomic E-state index is 12.9. The number of carbonyl (C=O) groups is 2. The van der Waals surface area contributed by atoms with Crippen molar-refractivity contribution in [3.8, 4) is 17.1 Å². The fraction of sp³-hybridized carbons (Fsp3) is 0.125. The molecular formula is C24H19N3O7S. The second-order valence-corrected chi connectivity index (χ2v) is 8.26. The zero-order chi connectivity index (χ0) is 25.1. The molecule has 2 heterocycles. The molecule has 0 unspecified atom stereocenters. The highest BCUT2D eigenvalue weighted by molar-refractivity contribution is 8.18. The van der Waals surface area contributed by atoms with Gasteiger partial charge in [-0.1, -0.05) is 0 Å². The van der Waals surface area contributed by atoms with E-state index in [0.29, 0.717) is 33.8 Å². The van der Waals surface area contributed by atoms with E-state index in [9.17, 15) is 19.7 Å². The number of amidine groups is 1. The highest BCUT2D eigenvalue weighted by atomic mass is 32.2. The number of hydrogen-bond donors (Lipinski definition) is 1. The second-order valence-electron chi connectivity index (χ2n) is 7.25. The van der Waals surface area contributed by atoms with Gasteiger partial charge in [0.05, 0.1) is 39.8 Å². The molecule has 0 saturated carbocycles. The molecule has 3 aromatic rings. The molecule has 11 heteroatoms. The van der Waals surface area contributed by atoms with Crippen molar-refractivity contribution in [2.24, 2.45) is 4.99 Å². The Hall–Kier alpha value is -4.38. The number of thioether (sulfide) groups is 1. The van der Waals surface area contributed by atoms with Crippen molar-refractivity contribution in [2.75, 3.05) is 13.7 Å². The minimum atomic E-state index is -1.03. The predicted molar refractivity (Wildman–Crippen MR) is 131 cm³/mol. The summed E-state index contributed by atoms with van der Waals surface area (Å²) in [7, 11) is 1.43. The van der Waals surface area contributed by atoms with Gasteiger partial charge in [-0.2, -0.15) is 0 Å². The summed E-state index contributed by atoms with van der Waals surface area (Å²) in [6, 6.07) is 13.7. The van der Waals surface area contributed by atoms with Crippen LogP contribution in [0.25, 0.3) is 17.4 Å². The van der Waals surface area contributed by atoms with E-state index in [1.165, 1.54) is 30.2 Å². The maximum atomic E-state index is 12.9. The summed E-state index contributed by atoms with van der Waals surface area (Å²) in [4.78, 5) is 41.3. The zero-order valence-corrected chi connectivity index (χ0v) is 19.4. The van der Waals surface area contributed by atoms with Crippen LogP contribution < -0.4 is 4.74 Å². The Bertz CT molecular complexity index is 1380. The average molecular weight is 493 g/mol. The number of nitro groups is 1. The summed E-state index contributed by atoms with van der Waals surface area (Å²) in [6.07, 6.45) is 1.56. The fourth-order valence-corrected chi connectivity index (χ4v) is 4.40. The van der Waals surface area contributed by atoms with Gasteiger partial charge in [-0.05, 0) is 67.2 Å². The molecule has 10 nitrogen and oxygen atoms in total. The zero-order valence-electron chi connectivity index (χ0n) is 18.6. The minimum absolute atomic E-state index is 0.141. The van der Waals surface area contributed by atoms with Crippen molar-refractivity contribution in [2.45, 2.75) is 6.92 Å². The Morgan fingerprint density at radius 2 is 1.97 bits per heavy atom. The largest absolute Gasteiger partial charge is 0.497 e. The van der Waals surface area contributed by atoms with E-state index in [1.807, 2.05) is 6.92 Å². The number of benzene rings is 2. The van der Waals surface area contributed by atoms with Crippen LogP contribution in [0.3, 0.4) is 0 Å². The van der Waals surface area contributed by atoms with Crippen molar-refractivity contribution < 1.29 is 28.8 Å². The smallest absolute Gasteiger partial charge is 0.335 e. The van der Waals surface area contributed by atoms with Crippen molar-refractivity contribution >= 4 is 46.3 Å². The lowest BCUT2D eigenvalue weighted by Gasteiger charge is -2.11. The number of nitro benzene ring substituents is 1. The molecular weight excluding hydrogens is 474 g/mol. The predicted octanol–water partition coefficient (Wildman–Crippen LogP) is 5.19. The fourth-order valence-electron chi connectivity index (χ4n) is 3.36. The molecule has 0 aliphatic carbocycles. The van der Waals surface area contributed by atoms with Crippen LogP contribution >= 0.6 is 11.8 Å². The molecule has 4 rings (SSSR count). The Kier molecular flexibility index (Phi) is 6.69.